The fraction of sp³-hybridized carbons (Fsp3) is 0.524. The van der Waals surface area contributed by atoms with E-state index in [0.29, 0.717) is 29.6 Å². The molecule has 1 aliphatic heterocycles. The Morgan fingerprint density at radius 3 is 2.55 bits per heavy atom. The number of halogens is 3. The summed E-state index contributed by atoms with van der Waals surface area (Å²) in [7, 11) is 0. The number of amides is 1. The molecular formula is C21H27F3N4O3. The van der Waals surface area contributed by atoms with Crippen LogP contribution in [-0.2, 0) is 17.9 Å². The molecule has 0 aliphatic carbocycles. The lowest BCUT2D eigenvalue weighted by atomic mass is 10.1. The van der Waals surface area contributed by atoms with Crippen LogP contribution in [0.1, 0.15) is 31.7 Å². The number of rotatable bonds is 8. The van der Waals surface area contributed by atoms with Crippen molar-refractivity contribution in [2.24, 2.45) is 5.73 Å². The van der Waals surface area contributed by atoms with Crippen molar-refractivity contribution < 1.29 is 22.7 Å². The van der Waals surface area contributed by atoms with E-state index in [1.807, 2.05) is 0 Å². The largest absolute Gasteiger partial charge is 0.573 e. The maximum atomic E-state index is 13.2. The van der Waals surface area contributed by atoms with Crippen molar-refractivity contribution in [1.29, 1.82) is 0 Å². The standard InChI is InChI=1S/C21H27F3N4O3/c1-14(19(25)29)26-13-16-11-15-5-6-17(31-21(22,23)24)12-18(15)28(20(16)30)10-9-27-7-3-2-4-8-27/h5-6,11-12,14,26H,2-4,7-10,13H2,1H3,(H2,25,29)/t14-/m0/s1. The number of pyridine rings is 1. The molecule has 0 saturated carbocycles. The van der Waals surface area contributed by atoms with Gasteiger partial charge in [0, 0.05) is 31.3 Å². The van der Waals surface area contributed by atoms with Gasteiger partial charge in [0.1, 0.15) is 5.75 Å². The number of likely N-dealkylation sites (tertiary alicyclic amines) is 1. The van der Waals surface area contributed by atoms with Crippen molar-refractivity contribution in [2.75, 3.05) is 19.6 Å². The molecule has 1 aromatic carbocycles. The lowest BCUT2D eigenvalue weighted by Crippen LogP contribution is -2.40. The van der Waals surface area contributed by atoms with Crippen LogP contribution in [0.25, 0.3) is 10.9 Å². The van der Waals surface area contributed by atoms with Gasteiger partial charge in [-0.15, -0.1) is 13.2 Å². The van der Waals surface area contributed by atoms with E-state index in [-0.39, 0.29) is 17.9 Å². The number of primary amides is 1. The zero-order valence-corrected chi connectivity index (χ0v) is 17.4. The third-order valence-electron chi connectivity index (χ3n) is 5.49. The number of fused-ring (bicyclic) bond motifs is 1. The minimum atomic E-state index is -4.82. The minimum absolute atomic E-state index is 0.114. The molecule has 1 saturated heterocycles. The maximum Gasteiger partial charge on any atom is 0.573 e. The number of nitrogens with two attached hydrogens (primary N) is 1. The minimum Gasteiger partial charge on any atom is -0.406 e. The van der Waals surface area contributed by atoms with Crippen molar-refractivity contribution in [2.45, 2.75) is 51.7 Å². The van der Waals surface area contributed by atoms with Gasteiger partial charge in [-0.1, -0.05) is 6.42 Å². The molecular weight excluding hydrogens is 413 g/mol. The monoisotopic (exact) mass is 440 g/mol. The number of hydrogen-bond acceptors (Lipinski definition) is 5. The van der Waals surface area contributed by atoms with Crippen molar-refractivity contribution in [3.8, 4) is 5.75 Å². The molecule has 1 aromatic heterocycles. The number of nitrogens with one attached hydrogen (secondary N) is 1. The number of aromatic nitrogens is 1. The van der Waals surface area contributed by atoms with Crippen LogP contribution in [0.15, 0.2) is 29.1 Å². The molecule has 31 heavy (non-hydrogen) atoms. The maximum absolute atomic E-state index is 13.2. The molecule has 1 atom stereocenters. The van der Waals surface area contributed by atoms with Gasteiger partial charge in [0.25, 0.3) is 5.56 Å². The Morgan fingerprint density at radius 1 is 1.19 bits per heavy atom. The third kappa shape index (κ3) is 6.20. The van der Waals surface area contributed by atoms with Crippen LogP contribution in [0.5, 0.6) is 5.75 Å². The normalized spacial score (nSPS) is 16.4. The second-order valence-corrected chi connectivity index (χ2v) is 7.80. The fourth-order valence-electron chi connectivity index (χ4n) is 3.75. The summed E-state index contributed by atoms with van der Waals surface area (Å²) in [5, 5.41) is 3.51. The number of carbonyl (C=O) groups is 1. The Balaban J connectivity index is 1.95. The second-order valence-electron chi connectivity index (χ2n) is 7.80. The summed E-state index contributed by atoms with van der Waals surface area (Å²) in [5.74, 6) is -0.917. The van der Waals surface area contributed by atoms with E-state index < -0.39 is 18.3 Å². The Bertz CT molecular complexity index is 984. The molecule has 0 unspecified atom stereocenters. The smallest absolute Gasteiger partial charge is 0.406 e. The van der Waals surface area contributed by atoms with E-state index in [2.05, 4.69) is 15.0 Å². The highest BCUT2D eigenvalue weighted by molar-refractivity contribution is 5.81. The average Bonchev–Trinajstić information content (AvgIpc) is 2.71. The van der Waals surface area contributed by atoms with Gasteiger partial charge in [-0.2, -0.15) is 0 Å². The summed E-state index contributed by atoms with van der Waals surface area (Å²) in [5.41, 5.74) is 5.72. The first kappa shape index (κ1) is 23.1. The molecule has 2 aromatic rings. The summed E-state index contributed by atoms with van der Waals surface area (Å²) in [4.78, 5) is 26.7. The Hall–Kier alpha value is -2.59. The highest BCUT2D eigenvalue weighted by atomic mass is 19.4. The first-order valence-electron chi connectivity index (χ1n) is 10.3. The average molecular weight is 440 g/mol. The molecule has 2 heterocycles. The van der Waals surface area contributed by atoms with Crippen molar-refractivity contribution in [3.05, 3.63) is 40.2 Å². The van der Waals surface area contributed by atoms with Crippen LogP contribution in [0.2, 0.25) is 0 Å². The molecule has 1 aliphatic rings. The number of hydrogen-bond donors (Lipinski definition) is 2. The van der Waals surface area contributed by atoms with E-state index in [0.717, 1.165) is 25.9 Å². The molecule has 7 nitrogen and oxygen atoms in total. The van der Waals surface area contributed by atoms with Crippen molar-refractivity contribution in [3.63, 3.8) is 0 Å². The number of ether oxygens (including phenoxy) is 1. The number of piperidine rings is 1. The Labute approximate surface area is 177 Å². The number of alkyl halides is 3. The zero-order valence-electron chi connectivity index (χ0n) is 17.4. The van der Waals surface area contributed by atoms with E-state index in [1.54, 1.807) is 13.0 Å². The summed E-state index contributed by atoms with van der Waals surface area (Å²) in [6.45, 7) is 4.54. The first-order chi connectivity index (χ1) is 14.6. The van der Waals surface area contributed by atoms with E-state index in [9.17, 15) is 22.8 Å². The number of benzene rings is 1. The number of carbonyl (C=O) groups excluding carboxylic acids is 1. The molecule has 0 spiro atoms. The predicted octanol–water partition coefficient (Wildman–Crippen LogP) is 2.35. The molecule has 1 fully saturated rings. The van der Waals surface area contributed by atoms with E-state index in [1.165, 1.54) is 29.2 Å². The molecule has 1 amide bonds. The van der Waals surface area contributed by atoms with Gasteiger partial charge in [0.05, 0.1) is 11.6 Å². The molecule has 170 valence electrons. The van der Waals surface area contributed by atoms with Crippen LogP contribution in [0.4, 0.5) is 13.2 Å². The van der Waals surface area contributed by atoms with Gasteiger partial charge >= 0.3 is 6.36 Å². The van der Waals surface area contributed by atoms with Crippen LogP contribution < -0.4 is 21.3 Å². The highest BCUT2D eigenvalue weighted by Crippen LogP contribution is 2.26. The van der Waals surface area contributed by atoms with Gasteiger partial charge in [0.15, 0.2) is 0 Å². The molecule has 0 radical (unpaired) electrons. The molecule has 3 N–H and O–H groups in total. The second kappa shape index (κ2) is 9.69. The van der Waals surface area contributed by atoms with E-state index >= 15 is 0 Å². The molecule has 10 heteroatoms. The van der Waals surface area contributed by atoms with Gasteiger partial charge in [0.2, 0.25) is 5.91 Å². The lowest BCUT2D eigenvalue weighted by Gasteiger charge is -2.27. The third-order valence-corrected chi connectivity index (χ3v) is 5.49. The Kier molecular flexibility index (Phi) is 7.22. The Morgan fingerprint density at radius 2 is 1.90 bits per heavy atom. The number of nitrogens with zero attached hydrogens (tertiary/aromatic N) is 2. The van der Waals surface area contributed by atoms with Gasteiger partial charge in [-0.3, -0.25) is 9.59 Å². The van der Waals surface area contributed by atoms with Crippen LogP contribution in [0.3, 0.4) is 0 Å². The lowest BCUT2D eigenvalue weighted by molar-refractivity contribution is -0.274. The molecule has 3 rings (SSSR count). The predicted molar refractivity (Wildman–Crippen MR) is 111 cm³/mol. The quantitative estimate of drug-likeness (QED) is 0.658. The highest BCUT2D eigenvalue weighted by Gasteiger charge is 2.31. The summed E-state index contributed by atoms with van der Waals surface area (Å²) in [6, 6.07) is 4.95. The van der Waals surface area contributed by atoms with Gasteiger partial charge in [-0.25, -0.2) is 0 Å². The zero-order chi connectivity index (χ0) is 22.6. The van der Waals surface area contributed by atoms with Crippen molar-refractivity contribution in [1.82, 2.24) is 14.8 Å². The summed E-state index contributed by atoms with van der Waals surface area (Å²) < 4.78 is 43.6. The van der Waals surface area contributed by atoms with Gasteiger partial charge in [-0.05, 0) is 56.4 Å². The summed E-state index contributed by atoms with van der Waals surface area (Å²) >= 11 is 0. The van der Waals surface area contributed by atoms with E-state index in [4.69, 9.17) is 5.73 Å². The van der Waals surface area contributed by atoms with Crippen LogP contribution in [0, 0.1) is 0 Å². The SMILES string of the molecule is C[C@H](NCc1cc2ccc(OC(F)(F)F)cc2n(CCN2CCCCC2)c1=O)C(N)=O. The van der Waals surface area contributed by atoms with Crippen LogP contribution in [-0.4, -0.2) is 47.4 Å². The molecule has 0 bridgehead atoms. The van der Waals surface area contributed by atoms with Crippen molar-refractivity contribution >= 4 is 16.8 Å². The fourth-order valence-corrected chi connectivity index (χ4v) is 3.75. The first-order valence-corrected chi connectivity index (χ1v) is 10.3. The van der Waals surface area contributed by atoms with Crippen LogP contribution >= 0.6 is 0 Å². The van der Waals surface area contributed by atoms with Gasteiger partial charge < -0.3 is 25.3 Å². The summed E-state index contributed by atoms with van der Waals surface area (Å²) in [6.07, 6.45) is -1.46. The topological polar surface area (TPSA) is 89.6 Å².